The Bertz CT molecular complexity index is 1600. The predicted molar refractivity (Wildman–Crippen MR) is 158 cm³/mol. The molecule has 3 aromatic carbocycles. The first-order valence-electron chi connectivity index (χ1n) is 13.4. The van der Waals surface area contributed by atoms with Gasteiger partial charge in [0, 0.05) is 5.56 Å². The molecule has 1 aromatic heterocycles. The van der Waals surface area contributed by atoms with Crippen molar-refractivity contribution < 1.29 is 19.0 Å². The molecule has 8 heteroatoms. The average Bonchev–Trinajstić information content (AvgIpc) is 2.91. The summed E-state index contributed by atoms with van der Waals surface area (Å²) in [6, 6.07) is 18.4. The number of aromatic nitrogens is 2. The van der Waals surface area contributed by atoms with Gasteiger partial charge in [0.25, 0.3) is 5.56 Å². The van der Waals surface area contributed by atoms with Crippen LogP contribution in [0, 0.1) is 6.92 Å². The fraction of sp³-hybridized carbons (Fsp3) is 0.312. The Kier molecular flexibility index (Phi) is 8.99. The molecule has 0 saturated carbocycles. The summed E-state index contributed by atoms with van der Waals surface area (Å²) in [5.74, 6) is 1.50. The summed E-state index contributed by atoms with van der Waals surface area (Å²) in [5, 5.41) is 5.06. The van der Waals surface area contributed by atoms with Crippen LogP contribution in [0.25, 0.3) is 22.3 Å². The van der Waals surface area contributed by atoms with Gasteiger partial charge in [0.2, 0.25) is 0 Å². The fourth-order valence-corrected chi connectivity index (χ4v) is 4.32. The highest BCUT2D eigenvalue weighted by atomic mass is 16.6. The molecule has 0 fully saturated rings. The molecule has 0 saturated heterocycles. The second-order valence-electron chi connectivity index (χ2n) is 10.0. The second kappa shape index (κ2) is 12.6. The molecule has 4 rings (SSSR count). The third kappa shape index (κ3) is 6.57. The number of aryl methyl sites for hydroxylation is 1. The van der Waals surface area contributed by atoms with Crippen LogP contribution in [0.15, 0.2) is 70.6 Å². The maximum absolute atomic E-state index is 13.7. The van der Waals surface area contributed by atoms with Crippen LogP contribution >= 0.6 is 0 Å². The minimum absolute atomic E-state index is 0.200. The lowest BCUT2D eigenvalue weighted by Gasteiger charge is -2.18. The van der Waals surface area contributed by atoms with Crippen molar-refractivity contribution in [3.05, 3.63) is 87.7 Å². The summed E-state index contributed by atoms with van der Waals surface area (Å²) in [7, 11) is 0. The SMILES string of the molecule is CCOc1cc(C)c(-c2nc3ccccc3c(=O)n2N=Cc2cccc(OCC(=O)OC(C)C)c2)cc1C(C)C. The van der Waals surface area contributed by atoms with E-state index in [1.807, 2.05) is 50.2 Å². The molecule has 0 aliphatic carbocycles. The van der Waals surface area contributed by atoms with Crippen LogP contribution in [-0.4, -0.2) is 41.2 Å². The van der Waals surface area contributed by atoms with Crippen molar-refractivity contribution in [3.63, 3.8) is 0 Å². The molecule has 0 aliphatic rings. The lowest BCUT2D eigenvalue weighted by molar-refractivity contribution is -0.149. The first-order chi connectivity index (χ1) is 19.2. The Labute approximate surface area is 234 Å². The van der Waals surface area contributed by atoms with E-state index in [2.05, 4.69) is 18.9 Å². The van der Waals surface area contributed by atoms with Crippen LogP contribution in [0.3, 0.4) is 0 Å². The standard InChI is InChI=1S/C32H35N3O5/c1-7-38-29-15-22(6)27(17-26(29)20(2)3)31-34-28-14-9-8-13-25(28)32(37)35(31)33-18-23-11-10-12-24(16-23)39-19-30(36)40-21(4)5/h8-18,20-21H,7,19H2,1-6H3. The fourth-order valence-electron chi connectivity index (χ4n) is 4.32. The Morgan fingerprint density at radius 3 is 2.52 bits per heavy atom. The largest absolute Gasteiger partial charge is 0.494 e. The van der Waals surface area contributed by atoms with Crippen LogP contribution in [-0.2, 0) is 9.53 Å². The van der Waals surface area contributed by atoms with Crippen LogP contribution < -0.4 is 15.0 Å². The molecular weight excluding hydrogens is 506 g/mol. The van der Waals surface area contributed by atoms with Gasteiger partial charge in [0.15, 0.2) is 12.4 Å². The van der Waals surface area contributed by atoms with Crippen LogP contribution in [0.1, 0.15) is 57.2 Å². The molecule has 0 unspecified atom stereocenters. The number of rotatable bonds is 10. The van der Waals surface area contributed by atoms with Gasteiger partial charge >= 0.3 is 5.97 Å². The van der Waals surface area contributed by atoms with E-state index in [9.17, 15) is 9.59 Å². The number of hydrogen-bond donors (Lipinski definition) is 0. The number of fused-ring (bicyclic) bond motifs is 1. The van der Waals surface area contributed by atoms with Crippen molar-refractivity contribution in [2.24, 2.45) is 5.10 Å². The van der Waals surface area contributed by atoms with Crippen LogP contribution in [0.4, 0.5) is 0 Å². The number of carbonyl (C=O) groups excluding carboxylic acids is 1. The highest BCUT2D eigenvalue weighted by Crippen LogP contribution is 2.34. The van der Waals surface area contributed by atoms with Gasteiger partial charge in [-0.2, -0.15) is 9.78 Å². The Hall–Kier alpha value is -4.46. The number of para-hydroxylation sites is 1. The van der Waals surface area contributed by atoms with E-state index in [0.29, 0.717) is 34.6 Å². The summed E-state index contributed by atoms with van der Waals surface area (Å²) < 4.78 is 18.0. The summed E-state index contributed by atoms with van der Waals surface area (Å²) in [6.07, 6.45) is 1.36. The Balaban J connectivity index is 1.78. The number of nitrogens with zero attached hydrogens (tertiary/aromatic N) is 3. The van der Waals surface area contributed by atoms with Gasteiger partial charge in [-0.1, -0.05) is 38.1 Å². The van der Waals surface area contributed by atoms with Gasteiger partial charge in [-0.25, -0.2) is 9.78 Å². The lowest BCUT2D eigenvalue weighted by atomic mass is 9.96. The zero-order valence-corrected chi connectivity index (χ0v) is 23.8. The molecule has 8 nitrogen and oxygen atoms in total. The zero-order valence-electron chi connectivity index (χ0n) is 23.8. The van der Waals surface area contributed by atoms with E-state index in [1.165, 1.54) is 4.68 Å². The molecule has 0 amide bonds. The van der Waals surface area contributed by atoms with E-state index >= 15 is 0 Å². The maximum Gasteiger partial charge on any atom is 0.344 e. The van der Waals surface area contributed by atoms with Gasteiger partial charge in [0.1, 0.15) is 11.5 Å². The van der Waals surface area contributed by atoms with E-state index in [4.69, 9.17) is 19.2 Å². The predicted octanol–water partition coefficient (Wildman–Crippen LogP) is 6.11. The average molecular weight is 542 g/mol. The quantitative estimate of drug-likeness (QED) is 0.178. The van der Waals surface area contributed by atoms with Gasteiger partial charge < -0.3 is 14.2 Å². The number of ether oxygens (including phenoxy) is 3. The highest BCUT2D eigenvalue weighted by Gasteiger charge is 2.18. The summed E-state index contributed by atoms with van der Waals surface area (Å²) in [4.78, 5) is 30.4. The van der Waals surface area contributed by atoms with E-state index in [0.717, 1.165) is 22.4 Å². The van der Waals surface area contributed by atoms with Gasteiger partial charge in [-0.05, 0) is 86.7 Å². The zero-order chi connectivity index (χ0) is 28.8. The van der Waals surface area contributed by atoms with Gasteiger partial charge in [-0.15, -0.1) is 0 Å². The Morgan fingerprint density at radius 1 is 1.02 bits per heavy atom. The summed E-state index contributed by atoms with van der Waals surface area (Å²) in [6.45, 7) is 12.1. The minimum atomic E-state index is -0.445. The molecule has 0 N–H and O–H groups in total. The molecule has 0 spiro atoms. The molecule has 40 heavy (non-hydrogen) atoms. The van der Waals surface area contributed by atoms with Gasteiger partial charge in [0.05, 0.1) is 29.8 Å². The monoisotopic (exact) mass is 541 g/mol. The molecular formula is C32H35N3O5. The van der Waals surface area contributed by atoms with Gasteiger partial charge in [-0.3, -0.25) is 4.79 Å². The highest BCUT2D eigenvalue weighted by molar-refractivity contribution is 5.83. The second-order valence-corrected chi connectivity index (χ2v) is 10.0. The number of benzene rings is 3. The summed E-state index contributed by atoms with van der Waals surface area (Å²) in [5.41, 5.74) is 3.75. The van der Waals surface area contributed by atoms with Crippen molar-refractivity contribution in [3.8, 4) is 22.9 Å². The molecule has 0 radical (unpaired) electrons. The topological polar surface area (TPSA) is 92.0 Å². The third-order valence-electron chi connectivity index (χ3n) is 6.18. The Morgan fingerprint density at radius 2 is 1.80 bits per heavy atom. The van der Waals surface area contributed by atoms with E-state index in [1.54, 1.807) is 44.3 Å². The summed E-state index contributed by atoms with van der Waals surface area (Å²) >= 11 is 0. The normalized spacial score (nSPS) is 11.5. The number of hydrogen-bond acceptors (Lipinski definition) is 7. The van der Waals surface area contributed by atoms with Crippen molar-refractivity contribution in [1.29, 1.82) is 0 Å². The molecule has 208 valence electrons. The van der Waals surface area contributed by atoms with Crippen LogP contribution in [0.2, 0.25) is 0 Å². The van der Waals surface area contributed by atoms with Crippen molar-refractivity contribution in [2.45, 2.75) is 53.6 Å². The van der Waals surface area contributed by atoms with E-state index in [-0.39, 0.29) is 24.2 Å². The number of esters is 1. The molecule has 0 atom stereocenters. The first kappa shape index (κ1) is 28.5. The molecule has 0 bridgehead atoms. The molecule has 4 aromatic rings. The van der Waals surface area contributed by atoms with Crippen molar-refractivity contribution >= 4 is 23.1 Å². The first-order valence-corrected chi connectivity index (χ1v) is 13.4. The molecule has 0 aliphatic heterocycles. The number of carbonyl (C=O) groups is 1. The minimum Gasteiger partial charge on any atom is -0.494 e. The lowest BCUT2D eigenvalue weighted by Crippen LogP contribution is -2.21. The van der Waals surface area contributed by atoms with E-state index < -0.39 is 5.97 Å². The maximum atomic E-state index is 13.7. The van der Waals surface area contributed by atoms with Crippen LogP contribution in [0.5, 0.6) is 11.5 Å². The smallest absolute Gasteiger partial charge is 0.344 e. The van der Waals surface area contributed by atoms with Crippen molar-refractivity contribution in [2.75, 3.05) is 13.2 Å². The third-order valence-corrected chi connectivity index (χ3v) is 6.18. The van der Waals surface area contributed by atoms with Crippen molar-refractivity contribution in [1.82, 2.24) is 9.66 Å². The molecule has 1 heterocycles.